The average molecular weight is 502 g/mol. The Morgan fingerprint density at radius 3 is 2.66 bits per heavy atom. The van der Waals surface area contributed by atoms with Crippen LogP contribution in [0.25, 0.3) is 11.3 Å². The first kappa shape index (κ1) is 25.6. The molecule has 0 spiro atoms. The minimum absolute atomic E-state index is 0.188. The van der Waals surface area contributed by atoms with Crippen LogP contribution in [0.1, 0.15) is 38.2 Å². The van der Waals surface area contributed by atoms with Crippen molar-refractivity contribution in [1.82, 2.24) is 9.97 Å². The summed E-state index contributed by atoms with van der Waals surface area (Å²) in [6, 6.07) is 5.30. The number of fused-ring (bicyclic) bond motifs is 1. The number of rotatable bonds is 10. The Balaban J connectivity index is 1.72. The number of hydrogen-bond acceptors (Lipinski definition) is 6. The second-order valence-corrected chi connectivity index (χ2v) is 16.3. The van der Waals surface area contributed by atoms with Gasteiger partial charge in [-0.2, -0.15) is 0 Å². The van der Waals surface area contributed by atoms with E-state index in [0.717, 1.165) is 24.4 Å². The van der Waals surface area contributed by atoms with E-state index in [2.05, 4.69) is 29.6 Å². The lowest BCUT2D eigenvalue weighted by Crippen LogP contribution is -2.39. The summed E-state index contributed by atoms with van der Waals surface area (Å²) in [5, 5.41) is 0. The quantitative estimate of drug-likeness (QED) is 0.299. The molecule has 9 heteroatoms. The van der Waals surface area contributed by atoms with Crippen LogP contribution in [0, 0.1) is 11.7 Å². The number of benzene rings is 1. The van der Waals surface area contributed by atoms with E-state index in [4.69, 9.17) is 14.2 Å². The van der Waals surface area contributed by atoms with Gasteiger partial charge in [0.05, 0.1) is 25.5 Å². The summed E-state index contributed by atoms with van der Waals surface area (Å²) in [6.07, 6.45) is 3.27. The van der Waals surface area contributed by atoms with Crippen LogP contribution in [0.3, 0.4) is 0 Å². The number of hydrogen-bond donors (Lipinski definition) is 0. The fraction of sp³-hybridized carbons (Fsp3) is 0.577. The highest BCUT2D eigenvalue weighted by Gasteiger charge is 2.43. The Morgan fingerprint density at radius 1 is 1.20 bits per heavy atom. The molecule has 2 heterocycles. The number of halogens is 1. The molecule has 0 N–H and O–H groups in total. The summed E-state index contributed by atoms with van der Waals surface area (Å²) in [4.78, 5) is 23.5. The number of anilines is 1. The molecule has 4 rings (SSSR count). The number of amides is 1. The third-order valence-corrected chi connectivity index (χ3v) is 8.28. The molecule has 0 radical (unpaired) electrons. The van der Waals surface area contributed by atoms with Gasteiger partial charge in [-0.1, -0.05) is 19.6 Å². The van der Waals surface area contributed by atoms with E-state index in [1.807, 2.05) is 6.92 Å². The fourth-order valence-corrected chi connectivity index (χ4v) is 5.07. The van der Waals surface area contributed by atoms with Crippen LogP contribution in [0.5, 0.6) is 5.75 Å². The third kappa shape index (κ3) is 6.01. The Morgan fingerprint density at radius 2 is 1.97 bits per heavy atom. The predicted molar refractivity (Wildman–Crippen MR) is 136 cm³/mol. The highest BCUT2D eigenvalue weighted by molar-refractivity contribution is 6.76. The van der Waals surface area contributed by atoms with Gasteiger partial charge in [-0.15, -0.1) is 0 Å². The molecule has 0 bridgehead atoms. The van der Waals surface area contributed by atoms with Crippen molar-refractivity contribution in [2.45, 2.75) is 64.3 Å². The van der Waals surface area contributed by atoms with Gasteiger partial charge in [0.25, 0.3) is 0 Å². The van der Waals surface area contributed by atoms with Crippen molar-refractivity contribution in [1.29, 1.82) is 0 Å². The number of carbonyl (C=O) groups excluding carboxylic acids is 1. The van der Waals surface area contributed by atoms with E-state index in [1.165, 1.54) is 18.5 Å². The van der Waals surface area contributed by atoms with Crippen LogP contribution < -0.4 is 9.64 Å². The van der Waals surface area contributed by atoms with Crippen molar-refractivity contribution >= 4 is 20.0 Å². The molecule has 1 aromatic carbocycles. The van der Waals surface area contributed by atoms with E-state index >= 15 is 0 Å². The predicted octanol–water partition coefficient (Wildman–Crippen LogP) is 5.87. The molecule has 2 atom stereocenters. The molecule has 0 saturated heterocycles. The van der Waals surface area contributed by atoms with Crippen LogP contribution in [0.4, 0.5) is 15.0 Å². The maximum absolute atomic E-state index is 14.4. The topological polar surface area (TPSA) is 73.8 Å². The summed E-state index contributed by atoms with van der Waals surface area (Å²) in [7, 11) is -1.25. The lowest BCUT2D eigenvalue weighted by molar-refractivity contribution is 0.125. The summed E-state index contributed by atoms with van der Waals surface area (Å²) in [5.74, 6) is 1.06. The second-order valence-electron chi connectivity index (χ2n) is 10.7. The van der Waals surface area contributed by atoms with Crippen LogP contribution in [0.15, 0.2) is 24.5 Å². The average Bonchev–Trinajstić information content (AvgIpc) is 3.58. The van der Waals surface area contributed by atoms with Gasteiger partial charge < -0.3 is 14.2 Å². The molecule has 7 nitrogen and oxygen atoms in total. The molecule has 1 saturated carbocycles. The van der Waals surface area contributed by atoms with Gasteiger partial charge in [0.2, 0.25) is 0 Å². The van der Waals surface area contributed by atoms with Gasteiger partial charge in [-0.05, 0) is 56.9 Å². The van der Waals surface area contributed by atoms with E-state index in [1.54, 1.807) is 17.9 Å². The molecule has 1 amide bonds. The van der Waals surface area contributed by atoms with Crippen LogP contribution >= 0.6 is 0 Å². The summed E-state index contributed by atoms with van der Waals surface area (Å²) >= 11 is 0. The van der Waals surface area contributed by atoms with Crippen LogP contribution in [0.2, 0.25) is 25.7 Å². The minimum Gasteiger partial charge on any atom is -0.493 e. The highest BCUT2D eigenvalue weighted by atomic mass is 28.3. The van der Waals surface area contributed by atoms with Crippen LogP contribution in [-0.4, -0.2) is 56.6 Å². The molecule has 190 valence electrons. The molecule has 2 unspecified atom stereocenters. The largest absolute Gasteiger partial charge is 0.493 e. The smallest absolute Gasteiger partial charge is 0.415 e. The molecule has 35 heavy (non-hydrogen) atoms. The molecule has 2 aliphatic rings. The van der Waals surface area contributed by atoms with Crippen molar-refractivity contribution in [2.75, 3.05) is 31.3 Å². The molecule has 2 aromatic rings. The monoisotopic (exact) mass is 501 g/mol. The molecular formula is C26H36FN3O4Si. The Hall–Kier alpha value is -2.52. The van der Waals surface area contributed by atoms with E-state index in [-0.39, 0.29) is 24.4 Å². The Labute approximate surface area is 208 Å². The zero-order chi connectivity index (χ0) is 25.2. The second kappa shape index (κ2) is 10.6. The standard InChI is InChI=1S/C26H36FN3O4Si/c1-6-33-26(31)30-17(2)21(15-32-11-12-35(3,4)5)23-24(28-16-29-25(23)30)20-13-19(27)9-10-22(20)34-14-18-7-8-18/h9-10,13,16-18,21H,6-8,11-12,14-15H2,1-5H3. The lowest BCUT2D eigenvalue weighted by Gasteiger charge is -2.24. The SMILES string of the molecule is CCOC(=O)N1c2ncnc(-c3cc(F)ccc3OCC3CC3)c2C(COCC[Si](C)(C)C)C1C. The van der Waals surface area contributed by atoms with Crippen molar-refractivity contribution in [2.24, 2.45) is 5.92 Å². The Bertz CT molecular complexity index is 1060. The zero-order valence-corrected chi connectivity index (χ0v) is 22.3. The van der Waals surface area contributed by atoms with Gasteiger partial charge in [0.1, 0.15) is 23.7 Å². The molecule has 1 aliphatic carbocycles. The first-order valence-electron chi connectivity index (χ1n) is 12.5. The van der Waals surface area contributed by atoms with E-state index in [0.29, 0.717) is 48.6 Å². The summed E-state index contributed by atoms with van der Waals surface area (Å²) in [6.45, 7) is 12.6. The number of nitrogens with zero attached hydrogens (tertiary/aromatic N) is 3. The number of ether oxygens (including phenoxy) is 3. The maximum Gasteiger partial charge on any atom is 0.415 e. The third-order valence-electron chi connectivity index (χ3n) is 6.58. The Kier molecular flexibility index (Phi) is 7.76. The minimum atomic E-state index is -1.25. The molecule has 1 fully saturated rings. The summed E-state index contributed by atoms with van der Waals surface area (Å²) in [5.41, 5.74) is 1.90. The van der Waals surface area contributed by atoms with Crippen molar-refractivity contribution in [3.63, 3.8) is 0 Å². The van der Waals surface area contributed by atoms with Gasteiger partial charge in [0.15, 0.2) is 0 Å². The normalized spacial score (nSPS) is 19.5. The van der Waals surface area contributed by atoms with E-state index in [9.17, 15) is 9.18 Å². The summed E-state index contributed by atoms with van der Waals surface area (Å²) < 4.78 is 32.0. The highest BCUT2D eigenvalue weighted by Crippen LogP contribution is 2.46. The number of aromatic nitrogens is 2. The maximum atomic E-state index is 14.4. The lowest BCUT2D eigenvalue weighted by atomic mass is 9.93. The first-order valence-corrected chi connectivity index (χ1v) is 16.2. The van der Waals surface area contributed by atoms with E-state index < -0.39 is 14.2 Å². The molecule has 1 aromatic heterocycles. The van der Waals surface area contributed by atoms with Gasteiger partial charge in [-0.25, -0.2) is 19.2 Å². The van der Waals surface area contributed by atoms with Gasteiger partial charge in [-0.3, -0.25) is 4.90 Å². The number of carbonyl (C=O) groups is 1. The molecule has 1 aliphatic heterocycles. The van der Waals surface area contributed by atoms with Crippen molar-refractivity contribution < 1.29 is 23.4 Å². The zero-order valence-electron chi connectivity index (χ0n) is 21.3. The first-order chi connectivity index (χ1) is 16.7. The fourth-order valence-electron chi connectivity index (χ4n) is 4.31. The molecular weight excluding hydrogens is 465 g/mol. The van der Waals surface area contributed by atoms with Gasteiger partial charge >= 0.3 is 6.09 Å². The van der Waals surface area contributed by atoms with Crippen LogP contribution in [-0.2, 0) is 9.47 Å². The van der Waals surface area contributed by atoms with Gasteiger partial charge in [0, 0.05) is 37.8 Å². The van der Waals surface area contributed by atoms with Crippen molar-refractivity contribution in [3.8, 4) is 17.0 Å². The van der Waals surface area contributed by atoms with Crippen molar-refractivity contribution in [3.05, 3.63) is 35.9 Å².